The van der Waals surface area contributed by atoms with Crippen molar-refractivity contribution in [1.29, 1.82) is 0 Å². The number of anilines is 3. The summed E-state index contributed by atoms with van der Waals surface area (Å²) >= 11 is 3.18. The molecule has 1 nitrogen and oxygen atoms in total. The lowest BCUT2D eigenvalue weighted by Crippen LogP contribution is -2.10. The number of para-hydroxylation sites is 1. The molecule has 0 fully saturated rings. The van der Waals surface area contributed by atoms with Gasteiger partial charge in [0.1, 0.15) is 0 Å². The third kappa shape index (κ3) is 2.81. The zero-order valence-corrected chi connectivity index (χ0v) is 14.3. The Kier molecular flexibility index (Phi) is 3.00. The number of rotatable bonds is 3. The average Bonchev–Trinajstić information content (AvgIpc) is 2.74. The molecule has 0 atom stereocenters. The smallest absolute Gasteiger partial charge is 0.0645 e. The van der Waals surface area contributed by atoms with E-state index in [-0.39, 0.29) is 34.3 Å². The minimum Gasteiger partial charge on any atom is -0.310 e. The zero-order chi connectivity index (χ0) is 19.8. The van der Waals surface area contributed by atoms with Crippen LogP contribution in [0.2, 0.25) is 0 Å². The molecule has 0 N–H and O–H groups in total. The molecule has 4 aromatic rings. The SMILES string of the molecule is [2H]c1c([2H])c(N(c2ccccc2)c2cccc3ccccc23)c([2H])c([2H])c1Br. The molecule has 0 saturated heterocycles. The van der Waals surface area contributed by atoms with E-state index in [9.17, 15) is 0 Å². The average molecular weight is 378 g/mol. The zero-order valence-electron chi connectivity index (χ0n) is 16.8. The van der Waals surface area contributed by atoms with Crippen LogP contribution >= 0.6 is 15.9 Å². The van der Waals surface area contributed by atoms with Gasteiger partial charge in [0.05, 0.1) is 11.2 Å². The Balaban J connectivity index is 2.11. The van der Waals surface area contributed by atoms with Crippen molar-refractivity contribution in [3.05, 3.63) is 101 Å². The number of fused-ring (bicyclic) bond motifs is 1. The van der Waals surface area contributed by atoms with Crippen LogP contribution in [0.1, 0.15) is 5.48 Å². The Morgan fingerprint density at radius 1 is 0.667 bits per heavy atom. The van der Waals surface area contributed by atoms with Crippen molar-refractivity contribution in [1.82, 2.24) is 0 Å². The van der Waals surface area contributed by atoms with Gasteiger partial charge in [-0.3, -0.25) is 0 Å². The van der Waals surface area contributed by atoms with E-state index in [4.69, 9.17) is 5.48 Å². The summed E-state index contributed by atoms with van der Waals surface area (Å²) in [6.45, 7) is 0. The van der Waals surface area contributed by atoms with Crippen LogP contribution in [0.5, 0.6) is 0 Å². The van der Waals surface area contributed by atoms with Gasteiger partial charge >= 0.3 is 0 Å². The third-order valence-corrected chi connectivity index (χ3v) is 4.22. The highest BCUT2D eigenvalue weighted by Gasteiger charge is 2.14. The second-order valence-corrected chi connectivity index (χ2v) is 6.12. The molecule has 0 bridgehead atoms. The highest BCUT2D eigenvalue weighted by atomic mass is 79.9. The number of benzene rings is 4. The molecule has 0 spiro atoms. The van der Waals surface area contributed by atoms with Gasteiger partial charge in [-0.05, 0) is 47.8 Å². The predicted octanol–water partition coefficient (Wildman–Crippen LogP) is 7.07. The van der Waals surface area contributed by atoms with Crippen molar-refractivity contribution in [2.75, 3.05) is 4.90 Å². The molecule has 4 aromatic carbocycles. The minimum absolute atomic E-state index is 0.0929. The second-order valence-electron chi connectivity index (χ2n) is 5.33. The summed E-state index contributed by atoms with van der Waals surface area (Å²) in [7, 11) is 0. The molecule has 0 aliphatic rings. The Hall–Kier alpha value is -2.58. The van der Waals surface area contributed by atoms with E-state index >= 15 is 0 Å². The molecular formula is C22H16BrN. The summed E-state index contributed by atoms with van der Waals surface area (Å²) in [6.07, 6.45) is 0. The van der Waals surface area contributed by atoms with Crippen LogP contribution in [0.15, 0.2) is 101 Å². The maximum absolute atomic E-state index is 8.55. The fraction of sp³-hybridized carbons (Fsp3) is 0. The largest absolute Gasteiger partial charge is 0.310 e. The first-order chi connectivity index (χ1) is 13.5. The topological polar surface area (TPSA) is 3.24 Å². The van der Waals surface area contributed by atoms with Crippen molar-refractivity contribution in [2.24, 2.45) is 0 Å². The van der Waals surface area contributed by atoms with Crippen LogP contribution in [0.4, 0.5) is 17.1 Å². The van der Waals surface area contributed by atoms with E-state index in [2.05, 4.69) is 15.9 Å². The first kappa shape index (κ1) is 11.1. The van der Waals surface area contributed by atoms with Crippen molar-refractivity contribution < 1.29 is 5.48 Å². The fourth-order valence-corrected chi connectivity index (χ4v) is 2.97. The van der Waals surface area contributed by atoms with Gasteiger partial charge in [-0.25, -0.2) is 0 Å². The van der Waals surface area contributed by atoms with Gasteiger partial charge in [-0.2, -0.15) is 0 Å². The van der Waals surface area contributed by atoms with Crippen molar-refractivity contribution in [2.45, 2.75) is 0 Å². The first-order valence-electron chi connectivity index (χ1n) is 9.59. The van der Waals surface area contributed by atoms with E-state index in [0.29, 0.717) is 0 Å². The number of halogens is 1. The van der Waals surface area contributed by atoms with Gasteiger partial charge < -0.3 is 4.90 Å². The normalized spacial score (nSPS) is 13.0. The lowest BCUT2D eigenvalue weighted by Gasteiger charge is -2.26. The van der Waals surface area contributed by atoms with Crippen LogP contribution in [0.25, 0.3) is 10.8 Å². The molecule has 24 heavy (non-hydrogen) atoms. The van der Waals surface area contributed by atoms with Crippen LogP contribution < -0.4 is 4.90 Å². The fourth-order valence-electron chi connectivity index (χ4n) is 2.77. The van der Waals surface area contributed by atoms with Gasteiger partial charge in [-0.1, -0.05) is 70.5 Å². The maximum Gasteiger partial charge on any atom is 0.0645 e. The van der Waals surface area contributed by atoms with Gasteiger partial charge in [0.15, 0.2) is 0 Å². The van der Waals surface area contributed by atoms with Crippen LogP contribution in [-0.2, 0) is 0 Å². The summed E-state index contributed by atoms with van der Waals surface area (Å²) in [4.78, 5) is 1.80. The van der Waals surface area contributed by atoms with Crippen LogP contribution in [0, 0.1) is 0 Å². The molecule has 0 aliphatic carbocycles. The highest BCUT2D eigenvalue weighted by molar-refractivity contribution is 9.10. The Morgan fingerprint density at radius 3 is 2.12 bits per heavy atom. The molecule has 4 rings (SSSR count). The van der Waals surface area contributed by atoms with E-state index in [1.165, 1.54) is 0 Å². The minimum atomic E-state index is -0.0998. The van der Waals surface area contributed by atoms with Gasteiger partial charge in [-0.15, -0.1) is 0 Å². The molecule has 116 valence electrons. The summed E-state index contributed by atoms with van der Waals surface area (Å²) in [5.41, 5.74) is 1.79. The quantitative estimate of drug-likeness (QED) is 0.368. The van der Waals surface area contributed by atoms with Gasteiger partial charge in [0.25, 0.3) is 0 Å². The molecule has 0 amide bonds. The number of hydrogen-bond donors (Lipinski definition) is 0. The number of hydrogen-bond acceptors (Lipinski definition) is 1. The molecule has 0 radical (unpaired) electrons. The van der Waals surface area contributed by atoms with E-state index in [0.717, 1.165) is 22.1 Å². The Labute approximate surface area is 155 Å². The second kappa shape index (κ2) is 6.50. The van der Waals surface area contributed by atoms with E-state index < -0.39 is 0 Å². The van der Waals surface area contributed by atoms with Crippen molar-refractivity contribution in [3.63, 3.8) is 0 Å². The molecule has 0 unspecified atom stereocenters. The Morgan fingerprint density at radius 2 is 1.33 bits per heavy atom. The standard InChI is InChI=1S/C22H16BrN/c23-18-13-15-20(16-14-18)24(19-9-2-1-3-10-19)22-12-6-8-17-7-4-5-11-21(17)22/h1-16H/i13D,14D,15D,16D. The van der Waals surface area contributed by atoms with Gasteiger partial charge in [0, 0.05) is 21.2 Å². The summed E-state index contributed by atoms with van der Waals surface area (Å²) < 4.78 is 33.7. The lowest BCUT2D eigenvalue weighted by atomic mass is 10.1. The van der Waals surface area contributed by atoms with Crippen molar-refractivity contribution in [3.8, 4) is 0 Å². The van der Waals surface area contributed by atoms with Crippen LogP contribution in [-0.4, -0.2) is 0 Å². The molecule has 0 heterocycles. The summed E-state index contributed by atoms with van der Waals surface area (Å²) in [5, 5.41) is 2.00. The molecule has 0 aliphatic heterocycles. The monoisotopic (exact) mass is 377 g/mol. The maximum atomic E-state index is 8.55. The lowest BCUT2D eigenvalue weighted by molar-refractivity contribution is 1.29. The van der Waals surface area contributed by atoms with Crippen molar-refractivity contribution >= 4 is 43.8 Å². The van der Waals surface area contributed by atoms with Crippen LogP contribution in [0.3, 0.4) is 0 Å². The predicted molar refractivity (Wildman–Crippen MR) is 106 cm³/mol. The summed E-state index contributed by atoms with van der Waals surface area (Å²) in [5.74, 6) is 0. The Bertz CT molecular complexity index is 1140. The van der Waals surface area contributed by atoms with E-state index in [1.54, 1.807) is 4.90 Å². The number of nitrogens with zero attached hydrogens (tertiary/aromatic N) is 1. The molecule has 0 aromatic heterocycles. The first-order valence-corrected chi connectivity index (χ1v) is 8.38. The molecule has 2 heteroatoms. The molecular weight excluding hydrogens is 358 g/mol. The van der Waals surface area contributed by atoms with E-state index in [1.807, 2.05) is 72.8 Å². The summed E-state index contributed by atoms with van der Waals surface area (Å²) in [6, 6.07) is 22.9. The molecule has 0 saturated carbocycles. The van der Waals surface area contributed by atoms with Gasteiger partial charge in [0.2, 0.25) is 0 Å². The third-order valence-electron chi connectivity index (χ3n) is 3.83. The highest BCUT2D eigenvalue weighted by Crippen LogP contribution is 2.38.